The first-order chi connectivity index (χ1) is 8.13. The highest BCUT2D eigenvalue weighted by Crippen LogP contribution is 2.31. The van der Waals surface area contributed by atoms with E-state index in [4.69, 9.17) is 16.3 Å². The van der Waals surface area contributed by atoms with Gasteiger partial charge in [-0.15, -0.1) is 0 Å². The van der Waals surface area contributed by atoms with Crippen LogP contribution in [0.1, 0.15) is 19.4 Å². The van der Waals surface area contributed by atoms with Crippen LogP contribution in [0.2, 0.25) is 5.02 Å². The minimum absolute atomic E-state index is 0.0114. The topological polar surface area (TPSA) is 29.5 Å². The van der Waals surface area contributed by atoms with E-state index in [1.807, 2.05) is 31.2 Å². The van der Waals surface area contributed by atoms with Crippen LogP contribution in [0, 0.1) is 0 Å². The van der Waals surface area contributed by atoms with Crippen LogP contribution in [-0.2, 0) is 4.74 Å². The van der Waals surface area contributed by atoms with Crippen molar-refractivity contribution in [3.63, 3.8) is 0 Å². The molecule has 0 saturated heterocycles. The molecule has 0 saturated carbocycles. The van der Waals surface area contributed by atoms with E-state index in [0.29, 0.717) is 11.6 Å². The van der Waals surface area contributed by atoms with E-state index < -0.39 is 0 Å². The van der Waals surface area contributed by atoms with E-state index >= 15 is 0 Å². The normalized spacial score (nSPS) is 17.8. The van der Waals surface area contributed by atoms with Gasteiger partial charge < -0.3 is 4.74 Å². The lowest BCUT2D eigenvalue weighted by Crippen LogP contribution is -2.39. The molecule has 0 radical (unpaired) electrons. The summed E-state index contributed by atoms with van der Waals surface area (Å²) in [6.45, 7) is 4.12. The van der Waals surface area contributed by atoms with Crippen molar-refractivity contribution < 1.29 is 9.53 Å². The van der Waals surface area contributed by atoms with Gasteiger partial charge in [-0.05, 0) is 37.6 Å². The molecule has 1 aromatic carbocycles. The molecule has 1 heterocycles. The zero-order valence-corrected chi connectivity index (χ0v) is 10.6. The smallest absolute Gasteiger partial charge is 0.414 e. The fourth-order valence-corrected chi connectivity index (χ4v) is 2.06. The minimum Gasteiger partial charge on any atom is -0.449 e. The summed E-state index contributed by atoms with van der Waals surface area (Å²) in [4.78, 5) is 13.5. The fraction of sp³-hybridized carbons (Fsp3) is 0.308. The zero-order valence-electron chi connectivity index (χ0n) is 9.81. The van der Waals surface area contributed by atoms with E-state index in [0.717, 1.165) is 11.3 Å². The fourth-order valence-electron chi connectivity index (χ4n) is 1.88. The van der Waals surface area contributed by atoms with E-state index in [-0.39, 0.29) is 12.1 Å². The summed E-state index contributed by atoms with van der Waals surface area (Å²) in [6, 6.07) is 5.45. The Hall–Kier alpha value is -1.48. The number of benzene rings is 1. The van der Waals surface area contributed by atoms with Crippen LogP contribution in [0.4, 0.5) is 10.5 Å². The number of rotatable bonds is 1. The van der Waals surface area contributed by atoms with Crippen molar-refractivity contribution in [3.8, 4) is 0 Å². The van der Waals surface area contributed by atoms with Gasteiger partial charge in [0.1, 0.15) is 0 Å². The predicted octanol–water partition coefficient (Wildman–Crippen LogP) is 3.72. The number of nitrogens with zero attached hydrogens (tertiary/aromatic N) is 1. The number of carbonyl (C=O) groups is 1. The number of amides is 1. The Kier molecular flexibility index (Phi) is 3.38. The number of hydrogen-bond donors (Lipinski definition) is 0. The number of carbonyl (C=O) groups excluding carboxylic acids is 1. The number of anilines is 1. The van der Waals surface area contributed by atoms with Gasteiger partial charge in [0.25, 0.3) is 0 Å². The average Bonchev–Trinajstić information content (AvgIpc) is 2.29. The number of halogens is 1. The number of ether oxygens (including phenoxy) is 1. The quantitative estimate of drug-likeness (QED) is 0.761. The lowest BCUT2D eigenvalue weighted by Gasteiger charge is -2.30. The van der Waals surface area contributed by atoms with Crippen LogP contribution in [0.25, 0.3) is 6.08 Å². The van der Waals surface area contributed by atoms with E-state index in [1.54, 1.807) is 17.9 Å². The first kappa shape index (κ1) is 12.0. The Morgan fingerprint density at radius 3 is 3.00 bits per heavy atom. The standard InChI is InChI=1S/C13H14ClNO2/c1-3-17-13(16)15-9(2)4-5-10-8-11(14)6-7-12(10)15/h4-9H,3H2,1-2H3. The summed E-state index contributed by atoms with van der Waals surface area (Å²) in [7, 11) is 0. The molecule has 0 fully saturated rings. The van der Waals surface area contributed by atoms with E-state index in [2.05, 4.69) is 0 Å². The van der Waals surface area contributed by atoms with Gasteiger partial charge in [0.15, 0.2) is 0 Å². The SMILES string of the molecule is CCOC(=O)N1c2ccc(Cl)cc2C=CC1C. The zero-order chi connectivity index (χ0) is 12.4. The molecular formula is C13H14ClNO2. The molecule has 1 atom stereocenters. The first-order valence-electron chi connectivity index (χ1n) is 5.57. The summed E-state index contributed by atoms with van der Waals surface area (Å²) in [5, 5.41) is 0.659. The highest BCUT2D eigenvalue weighted by atomic mass is 35.5. The summed E-state index contributed by atoms with van der Waals surface area (Å²) >= 11 is 5.93. The number of hydrogen-bond acceptors (Lipinski definition) is 2. The van der Waals surface area contributed by atoms with E-state index in [1.165, 1.54) is 0 Å². The molecule has 90 valence electrons. The van der Waals surface area contributed by atoms with Gasteiger partial charge in [-0.2, -0.15) is 0 Å². The molecule has 1 aliphatic heterocycles. The lowest BCUT2D eigenvalue weighted by atomic mass is 10.0. The maximum Gasteiger partial charge on any atom is 0.414 e. The van der Waals surface area contributed by atoms with E-state index in [9.17, 15) is 4.79 Å². The predicted molar refractivity (Wildman–Crippen MR) is 69.4 cm³/mol. The van der Waals surface area contributed by atoms with Gasteiger partial charge in [0, 0.05) is 5.02 Å². The third-order valence-electron chi connectivity index (χ3n) is 2.68. The van der Waals surface area contributed by atoms with Gasteiger partial charge in [0.05, 0.1) is 18.3 Å². The third kappa shape index (κ3) is 2.29. The molecule has 3 nitrogen and oxygen atoms in total. The van der Waals surface area contributed by atoms with Gasteiger partial charge in [-0.3, -0.25) is 4.90 Å². The van der Waals surface area contributed by atoms with Crippen molar-refractivity contribution in [2.24, 2.45) is 0 Å². The van der Waals surface area contributed by atoms with Crippen LogP contribution >= 0.6 is 11.6 Å². The summed E-state index contributed by atoms with van der Waals surface area (Å²) in [6.07, 6.45) is 3.60. The third-order valence-corrected chi connectivity index (χ3v) is 2.91. The second kappa shape index (κ2) is 4.80. The second-order valence-corrected chi connectivity index (χ2v) is 4.31. The van der Waals surface area contributed by atoms with Crippen LogP contribution < -0.4 is 4.90 Å². The Balaban J connectivity index is 2.41. The lowest BCUT2D eigenvalue weighted by molar-refractivity contribution is 0.158. The molecule has 0 spiro atoms. The Morgan fingerprint density at radius 1 is 1.53 bits per heavy atom. The minimum atomic E-state index is -0.326. The molecule has 0 bridgehead atoms. The highest BCUT2D eigenvalue weighted by Gasteiger charge is 2.26. The Bertz CT molecular complexity index is 470. The molecule has 1 unspecified atom stereocenters. The van der Waals surface area contributed by atoms with Gasteiger partial charge in [-0.25, -0.2) is 4.79 Å². The molecule has 4 heteroatoms. The molecule has 2 rings (SSSR count). The largest absolute Gasteiger partial charge is 0.449 e. The molecule has 1 aromatic rings. The monoisotopic (exact) mass is 251 g/mol. The van der Waals surface area contributed by atoms with Crippen LogP contribution in [0.15, 0.2) is 24.3 Å². The van der Waals surface area contributed by atoms with Crippen molar-refractivity contribution in [1.29, 1.82) is 0 Å². The van der Waals surface area contributed by atoms with Crippen molar-refractivity contribution in [2.45, 2.75) is 19.9 Å². The summed E-state index contributed by atoms with van der Waals surface area (Å²) in [5.41, 5.74) is 1.77. The summed E-state index contributed by atoms with van der Waals surface area (Å²) in [5.74, 6) is 0. The Morgan fingerprint density at radius 2 is 2.29 bits per heavy atom. The van der Waals surface area contributed by atoms with Gasteiger partial charge >= 0.3 is 6.09 Å². The molecule has 1 amide bonds. The molecule has 1 aliphatic rings. The maximum atomic E-state index is 11.9. The molecule has 0 N–H and O–H groups in total. The van der Waals surface area contributed by atoms with Crippen LogP contribution in [0.5, 0.6) is 0 Å². The highest BCUT2D eigenvalue weighted by molar-refractivity contribution is 6.30. The average molecular weight is 252 g/mol. The van der Waals surface area contributed by atoms with Crippen molar-refractivity contribution in [3.05, 3.63) is 34.9 Å². The second-order valence-electron chi connectivity index (χ2n) is 3.87. The maximum absolute atomic E-state index is 11.9. The van der Waals surface area contributed by atoms with Crippen molar-refractivity contribution in [1.82, 2.24) is 0 Å². The number of fused-ring (bicyclic) bond motifs is 1. The van der Waals surface area contributed by atoms with Crippen LogP contribution in [0.3, 0.4) is 0 Å². The molecule has 0 aliphatic carbocycles. The molecule has 17 heavy (non-hydrogen) atoms. The Labute approximate surface area is 106 Å². The first-order valence-corrected chi connectivity index (χ1v) is 5.95. The van der Waals surface area contributed by atoms with Crippen LogP contribution in [-0.4, -0.2) is 18.7 Å². The molecular weight excluding hydrogens is 238 g/mol. The summed E-state index contributed by atoms with van der Waals surface area (Å²) < 4.78 is 5.06. The van der Waals surface area contributed by atoms with Gasteiger partial charge in [0.2, 0.25) is 0 Å². The molecule has 0 aromatic heterocycles. The van der Waals surface area contributed by atoms with Crippen molar-refractivity contribution in [2.75, 3.05) is 11.5 Å². The van der Waals surface area contributed by atoms with Gasteiger partial charge in [-0.1, -0.05) is 23.8 Å². The van der Waals surface area contributed by atoms with Crippen molar-refractivity contribution >= 4 is 29.5 Å².